The van der Waals surface area contributed by atoms with E-state index in [4.69, 9.17) is 4.99 Å². The molecule has 0 saturated carbocycles. The van der Waals surface area contributed by atoms with E-state index in [1.807, 2.05) is 16.8 Å². The highest BCUT2D eigenvalue weighted by atomic mass is 16.2. The van der Waals surface area contributed by atoms with Crippen LogP contribution in [0.1, 0.15) is 43.4 Å². The van der Waals surface area contributed by atoms with Gasteiger partial charge in [0.05, 0.1) is 23.4 Å². The second-order valence-corrected chi connectivity index (χ2v) is 7.93. The number of nitrogens with zero attached hydrogens (tertiary/aromatic N) is 4. The number of carbonyl (C=O) groups is 1. The van der Waals surface area contributed by atoms with Crippen LogP contribution < -0.4 is 5.43 Å². The molecule has 0 bridgehead atoms. The lowest BCUT2D eigenvalue weighted by atomic mass is 9.78. The Bertz CT molecular complexity index is 1150. The minimum atomic E-state index is -0.222. The zero-order valence-corrected chi connectivity index (χ0v) is 16.4. The summed E-state index contributed by atoms with van der Waals surface area (Å²) in [7, 11) is 0. The number of aromatic nitrogens is 2. The monoisotopic (exact) mass is 383 g/mol. The maximum atomic E-state index is 11.4. The molecule has 29 heavy (non-hydrogen) atoms. The number of hydrogen-bond donors (Lipinski definition) is 1. The standard InChI is InChI=1S/C23H21N5O/c1-23(2)18-13-16(19-9-10-21(29)27-26-19)5-8-20(18)25-22(23)15-3-6-17(7-4-15)28-12-11-24-14-28/h3-8,11-14H,9-10H2,1-2H3,(H,27,29). The Morgan fingerprint density at radius 1 is 1.03 bits per heavy atom. The smallest absolute Gasteiger partial charge is 0.240 e. The number of fused-ring (bicyclic) bond motifs is 1. The third kappa shape index (κ3) is 2.97. The molecular formula is C23H21N5O. The van der Waals surface area contributed by atoms with Gasteiger partial charge in [-0.25, -0.2) is 10.4 Å². The highest BCUT2D eigenvalue weighted by molar-refractivity contribution is 6.13. The van der Waals surface area contributed by atoms with Crippen LogP contribution in [0.25, 0.3) is 5.69 Å². The van der Waals surface area contributed by atoms with Gasteiger partial charge in [0.2, 0.25) is 5.91 Å². The Morgan fingerprint density at radius 2 is 1.83 bits per heavy atom. The molecule has 144 valence electrons. The van der Waals surface area contributed by atoms with Crippen molar-refractivity contribution in [1.82, 2.24) is 15.0 Å². The summed E-state index contributed by atoms with van der Waals surface area (Å²) in [4.78, 5) is 20.4. The molecule has 2 aliphatic heterocycles. The Labute approximate surface area is 169 Å². The van der Waals surface area contributed by atoms with Gasteiger partial charge in [-0.05, 0) is 41.0 Å². The predicted molar refractivity (Wildman–Crippen MR) is 113 cm³/mol. The first kappa shape index (κ1) is 17.6. The van der Waals surface area contributed by atoms with Crippen LogP contribution in [0.5, 0.6) is 0 Å². The Hall–Kier alpha value is -3.54. The molecule has 0 saturated heterocycles. The average Bonchev–Trinajstić information content (AvgIpc) is 3.35. The highest BCUT2D eigenvalue weighted by Crippen LogP contribution is 2.42. The number of amides is 1. The predicted octanol–water partition coefficient (Wildman–Crippen LogP) is 3.90. The molecule has 5 rings (SSSR count). The van der Waals surface area contributed by atoms with E-state index in [0.29, 0.717) is 12.8 Å². The summed E-state index contributed by atoms with van der Waals surface area (Å²) in [5, 5.41) is 4.24. The zero-order valence-electron chi connectivity index (χ0n) is 16.4. The van der Waals surface area contributed by atoms with Crippen LogP contribution in [0.3, 0.4) is 0 Å². The van der Waals surface area contributed by atoms with E-state index in [1.54, 1.807) is 12.5 Å². The average molecular weight is 383 g/mol. The normalized spacial score (nSPS) is 17.4. The summed E-state index contributed by atoms with van der Waals surface area (Å²) < 4.78 is 1.98. The molecule has 0 atom stereocenters. The van der Waals surface area contributed by atoms with Crippen molar-refractivity contribution in [3.63, 3.8) is 0 Å². The minimum absolute atomic E-state index is 0.0278. The van der Waals surface area contributed by atoms with Gasteiger partial charge < -0.3 is 4.57 Å². The number of imidazole rings is 1. The molecule has 2 aliphatic rings. The molecule has 0 spiro atoms. The maximum Gasteiger partial charge on any atom is 0.240 e. The minimum Gasteiger partial charge on any atom is -0.306 e. The second-order valence-electron chi connectivity index (χ2n) is 7.93. The van der Waals surface area contributed by atoms with Crippen molar-refractivity contribution in [2.75, 3.05) is 0 Å². The number of nitrogens with one attached hydrogen (secondary N) is 1. The molecule has 3 heterocycles. The molecule has 0 radical (unpaired) electrons. The van der Waals surface area contributed by atoms with Gasteiger partial charge in [0.25, 0.3) is 0 Å². The summed E-state index contributed by atoms with van der Waals surface area (Å²) in [5.74, 6) is -0.0278. The number of aliphatic imine (C=N–C) groups is 1. The summed E-state index contributed by atoms with van der Waals surface area (Å²) in [6, 6.07) is 14.7. The Morgan fingerprint density at radius 3 is 2.52 bits per heavy atom. The van der Waals surface area contributed by atoms with Gasteiger partial charge in [0.15, 0.2) is 0 Å². The van der Waals surface area contributed by atoms with Gasteiger partial charge in [-0.1, -0.05) is 32.0 Å². The number of rotatable bonds is 3. The van der Waals surface area contributed by atoms with Crippen molar-refractivity contribution in [2.24, 2.45) is 10.1 Å². The van der Waals surface area contributed by atoms with Crippen LogP contribution in [0.4, 0.5) is 5.69 Å². The molecule has 3 aromatic rings. The molecular weight excluding hydrogens is 362 g/mol. The van der Waals surface area contributed by atoms with E-state index < -0.39 is 0 Å². The van der Waals surface area contributed by atoms with Crippen LogP contribution in [0, 0.1) is 0 Å². The van der Waals surface area contributed by atoms with E-state index >= 15 is 0 Å². The van der Waals surface area contributed by atoms with E-state index in [1.165, 1.54) is 5.56 Å². The lowest BCUT2D eigenvalue weighted by Gasteiger charge is -2.23. The molecule has 0 fully saturated rings. The fourth-order valence-corrected chi connectivity index (χ4v) is 4.01. The summed E-state index contributed by atoms with van der Waals surface area (Å²) in [6.45, 7) is 4.41. The van der Waals surface area contributed by atoms with Gasteiger partial charge in [-0.2, -0.15) is 5.10 Å². The first-order valence-corrected chi connectivity index (χ1v) is 9.70. The first-order chi connectivity index (χ1) is 14.0. The van der Waals surface area contributed by atoms with Crippen molar-refractivity contribution < 1.29 is 4.79 Å². The van der Waals surface area contributed by atoms with Crippen LogP contribution >= 0.6 is 0 Å². The van der Waals surface area contributed by atoms with Gasteiger partial charge in [-0.15, -0.1) is 0 Å². The molecule has 2 aromatic carbocycles. The van der Waals surface area contributed by atoms with Crippen molar-refractivity contribution in [3.05, 3.63) is 77.9 Å². The third-order valence-electron chi connectivity index (χ3n) is 5.68. The molecule has 0 aliphatic carbocycles. The second kappa shape index (κ2) is 6.51. The molecule has 1 N–H and O–H groups in total. The number of benzene rings is 2. The number of hydrazone groups is 1. The number of carbonyl (C=O) groups excluding carboxylic acids is 1. The topological polar surface area (TPSA) is 71.6 Å². The van der Waals surface area contributed by atoms with Crippen molar-refractivity contribution in [2.45, 2.75) is 32.1 Å². The van der Waals surface area contributed by atoms with Crippen LogP contribution in [-0.2, 0) is 10.2 Å². The first-order valence-electron chi connectivity index (χ1n) is 9.70. The van der Waals surface area contributed by atoms with Crippen molar-refractivity contribution in [3.8, 4) is 5.69 Å². The highest BCUT2D eigenvalue weighted by Gasteiger charge is 2.36. The van der Waals surface area contributed by atoms with Gasteiger partial charge >= 0.3 is 0 Å². The van der Waals surface area contributed by atoms with Crippen LogP contribution in [-0.4, -0.2) is 26.9 Å². The SMILES string of the molecule is CC1(C)C(c2ccc(-n3ccnc3)cc2)=Nc2ccc(C3=NNC(=O)CC3)cc21. The molecule has 0 unspecified atom stereocenters. The Kier molecular flexibility index (Phi) is 3.94. The van der Waals surface area contributed by atoms with Crippen molar-refractivity contribution >= 4 is 23.0 Å². The fraction of sp³-hybridized carbons (Fsp3) is 0.217. The Balaban J connectivity index is 1.47. The van der Waals surface area contributed by atoms with E-state index in [0.717, 1.165) is 33.9 Å². The van der Waals surface area contributed by atoms with E-state index in [9.17, 15) is 4.79 Å². The van der Waals surface area contributed by atoms with E-state index in [-0.39, 0.29) is 11.3 Å². The molecule has 1 amide bonds. The van der Waals surface area contributed by atoms with Crippen molar-refractivity contribution in [1.29, 1.82) is 0 Å². The van der Waals surface area contributed by atoms with Gasteiger partial charge in [-0.3, -0.25) is 9.79 Å². The summed E-state index contributed by atoms with van der Waals surface area (Å²) in [6.07, 6.45) is 6.63. The quantitative estimate of drug-likeness (QED) is 0.745. The van der Waals surface area contributed by atoms with E-state index in [2.05, 4.69) is 65.8 Å². The van der Waals surface area contributed by atoms with Crippen LogP contribution in [0.2, 0.25) is 0 Å². The molecule has 1 aromatic heterocycles. The maximum absolute atomic E-state index is 11.4. The lowest BCUT2D eigenvalue weighted by molar-refractivity contribution is -0.121. The molecule has 6 heteroatoms. The fourth-order valence-electron chi connectivity index (χ4n) is 4.01. The summed E-state index contributed by atoms with van der Waals surface area (Å²) in [5.41, 5.74) is 9.74. The van der Waals surface area contributed by atoms with Gasteiger partial charge in [0.1, 0.15) is 0 Å². The van der Waals surface area contributed by atoms with Gasteiger partial charge in [0, 0.05) is 36.3 Å². The van der Waals surface area contributed by atoms with Crippen LogP contribution in [0.15, 0.2) is 71.3 Å². The third-order valence-corrected chi connectivity index (χ3v) is 5.68. The largest absolute Gasteiger partial charge is 0.306 e. The molecule has 6 nitrogen and oxygen atoms in total. The summed E-state index contributed by atoms with van der Waals surface area (Å²) >= 11 is 0. The number of hydrogen-bond acceptors (Lipinski definition) is 4. The lowest BCUT2D eigenvalue weighted by Crippen LogP contribution is -2.28. The zero-order chi connectivity index (χ0) is 20.0.